The van der Waals surface area contributed by atoms with Crippen molar-refractivity contribution in [3.8, 4) is 0 Å². The van der Waals surface area contributed by atoms with Gasteiger partial charge < -0.3 is 9.30 Å². The zero-order valence-electron chi connectivity index (χ0n) is 9.19. The van der Waals surface area contributed by atoms with Crippen LogP contribution in [0.25, 0.3) is 0 Å². The molecule has 1 aromatic rings. The van der Waals surface area contributed by atoms with Crippen LogP contribution >= 0.6 is 0 Å². The molecule has 4 heteroatoms. The summed E-state index contributed by atoms with van der Waals surface area (Å²) in [5.41, 5.74) is -0.577. The van der Waals surface area contributed by atoms with E-state index in [0.29, 0.717) is 13.0 Å². The van der Waals surface area contributed by atoms with E-state index in [1.54, 1.807) is 6.20 Å². The number of rotatable bonds is 3. The van der Waals surface area contributed by atoms with Gasteiger partial charge in [-0.1, -0.05) is 0 Å². The van der Waals surface area contributed by atoms with Crippen molar-refractivity contribution in [2.75, 3.05) is 6.61 Å². The number of hydrogen-bond donors (Lipinski definition) is 0. The number of imidazole rings is 1. The molecule has 82 valence electrons. The third kappa shape index (κ3) is 1.95. The van der Waals surface area contributed by atoms with E-state index in [1.807, 2.05) is 24.7 Å². The summed E-state index contributed by atoms with van der Waals surface area (Å²) >= 11 is 0. The normalized spacial score (nSPS) is 25.7. The second kappa shape index (κ2) is 3.77. The average molecular weight is 208 g/mol. The van der Waals surface area contributed by atoms with Crippen LogP contribution in [0.15, 0.2) is 12.4 Å². The van der Waals surface area contributed by atoms with Crippen LogP contribution in [0.3, 0.4) is 0 Å². The smallest absolute Gasteiger partial charge is 0.171 e. The molecule has 2 heterocycles. The van der Waals surface area contributed by atoms with E-state index >= 15 is 0 Å². The van der Waals surface area contributed by atoms with E-state index in [1.165, 1.54) is 0 Å². The molecule has 0 saturated carbocycles. The largest absolute Gasteiger partial charge is 0.367 e. The van der Waals surface area contributed by atoms with Gasteiger partial charge >= 0.3 is 0 Å². The van der Waals surface area contributed by atoms with Gasteiger partial charge in [0, 0.05) is 26.0 Å². The molecule has 4 nitrogen and oxygen atoms in total. The summed E-state index contributed by atoms with van der Waals surface area (Å²) in [7, 11) is 1.90. The Bertz CT molecular complexity index is 364. The van der Waals surface area contributed by atoms with Gasteiger partial charge in [0.15, 0.2) is 5.78 Å². The molecule has 1 saturated heterocycles. The molecular weight excluding hydrogens is 192 g/mol. The van der Waals surface area contributed by atoms with E-state index in [0.717, 1.165) is 18.7 Å². The average Bonchev–Trinajstić information content (AvgIpc) is 2.78. The lowest BCUT2D eigenvalue weighted by molar-refractivity contribution is -0.136. The highest BCUT2D eigenvalue weighted by Crippen LogP contribution is 2.26. The van der Waals surface area contributed by atoms with Gasteiger partial charge in [-0.25, -0.2) is 4.98 Å². The van der Waals surface area contributed by atoms with Gasteiger partial charge in [-0.05, 0) is 19.8 Å². The molecule has 0 bridgehead atoms. The molecule has 0 spiro atoms. The van der Waals surface area contributed by atoms with Gasteiger partial charge in [-0.2, -0.15) is 0 Å². The lowest BCUT2D eigenvalue weighted by Crippen LogP contribution is -2.36. The minimum Gasteiger partial charge on any atom is -0.367 e. The van der Waals surface area contributed by atoms with Gasteiger partial charge in [-0.3, -0.25) is 4.79 Å². The second-order valence-corrected chi connectivity index (χ2v) is 4.24. The summed E-state index contributed by atoms with van der Waals surface area (Å²) in [6, 6.07) is 0. The Balaban J connectivity index is 2.07. The van der Waals surface area contributed by atoms with Crippen LogP contribution < -0.4 is 0 Å². The fourth-order valence-corrected chi connectivity index (χ4v) is 1.90. The molecule has 1 aliphatic heterocycles. The van der Waals surface area contributed by atoms with Crippen LogP contribution in [0.5, 0.6) is 0 Å². The SMILES string of the molecule is Cn1ccnc1CC(=O)C1(C)CCCO1. The molecule has 0 aliphatic carbocycles. The van der Waals surface area contributed by atoms with E-state index < -0.39 is 5.60 Å². The molecule has 15 heavy (non-hydrogen) atoms. The zero-order chi connectivity index (χ0) is 10.9. The van der Waals surface area contributed by atoms with Crippen molar-refractivity contribution in [1.29, 1.82) is 0 Å². The third-order valence-electron chi connectivity index (χ3n) is 3.05. The van der Waals surface area contributed by atoms with Crippen molar-refractivity contribution < 1.29 is 9.53 Å². The molecule has 1 aromatic heterocycles. The van der Waals surface area contributed by atoms with Crippen LogP contribution in [-0.2, 0) is 23.0 Å². The lowest BCUT2D eigenvalue weighted by atomic mass is 9.95. The number of ether oxygens (including phenoxy) is 1. The van der Waals surface area contributed by atoms with Crippen molar-refractivity contribution in [3.63, 3.8) is 0 Å². The number of Topliss-reactive ketones (excluding diaryl/α,β-unsaturated/α-hetero) is 1. The number of aromatic nitrogens is 2. The maximum absolute atomic E-state index is 12.0. The molecule has 0 N–H and O–H groups in total. The first-order chi connectivity index (χ1) is 7.12. The van der Waals surface area contributed by atoms with Crippen LogP contribution in [-0.4, -0.2) is 27.5 Å². The fourth-order valence-electron chi connectivity index (χ4n) is 1.90. The Morgan fingerprint density at radius 3 is 3.07 bits per heavy atom. The van der Waals surface area contributed by atoms with Gasteiger partial charge in [-0.15, -0.1) is 0 Å². The first-order valence-corrected chi connectivity index (χ1v) is 5.25. The lowest BCUT2D eigenvalue weighted by Gasteiger charge is -2.20. The Hall–Kier alpha value is -1.16. The van der Waals surface area contributed by atoms with Crippen LogP contribution in [0.4, 0.5) is 0 Å². The molecule has 0 amide bonds. The third-order valence-corrected chi connectivity index (χ3v) is 3.05. The fraction of sp³-hybridized carbons (Fsp3) is 0.636. The van der Waals surface area contributed by atoms with Gasteiger partial charge in [0.25, 0.3) is 0 Å². The summed E-state index contributed by atoms with van der Waals surface area (Å²) in [6.07, 6.45) is 5.72. The Morgan fingerprint density at radius 1 is 1.73 bits per heavy atom. The summed E-state index contributed by atoms with van der Waals surface area (Å²) in [5.74, 6) is 0.936. The molecule has 1 fully saturated rings. The number of carbonyl (C=O) groups excluding carboxylic acids is 1. The second-order valence-electron chi connectivity index (χ2n) is 4.24. The number of nitrogens with zero attached hydrogens (tertiary/aromatic N) is 2. The molecule has 1 unspecified atom stereocenters. The summed E-state index contributed by atoms with van der Waals surface area (Å²) in [5, 5.41) is 0. The van der Waals surface area contributed by atoms with Crippen molar-refractivity contribution in [2.45, 2.75) is 31.8 Å². The monoisotopic (exact) mass is 208 g/mol. The van der Waals surface area contributed by atoms with E-state index in [9.17, 15) is 4.79 Å². The van der Waals surface area contributed by atoms with Gasteiger partial charge in [0.05, 0.1) is 6.42 Å². The van der Waals surface area contributed by atoms with Gasteiger partial charge in [0.2, 0.25) is 0 Å². The Morgan fingerprint density at radius 2 is 2.53 bits per heavy atom. The van der Waals surface area contributed by atoms with E-state index in [2.05, 4.69) is 4.98 Å². The first-order valence-electron chi connectivity index (χ1n) is 5.25. The van der Waals surface area contributed by atoms with Gasteiger partial charge in [0.1, 0.15) is 11.4 Å². The van der Waals surface area contributed by atoms with Crippen molar-refractivity contribution in [3.05, 3.63) is 18.2 Å². The molecule has 0 radical (unpaired) electrons. The predicted molar refractivity (Wildman–Crippen MR) is 55.5 cm³/mol. The maximum atomic E-state index is 12.0. The van der Waals surface area contributed by atoms with E-state index in [4.69, 9.17) is 4.74 Å². The highest BCUT2D eigenvalue weighted by atomic mass is 16.5. The highest BCUT2D eigenvalue weighted by molar-refractivity contribution is 5.88. The number of aryl methyl sites for hydroxylation is 1. The highest BCUT2D eigenvalue weighted by Gasteiger charge is 2.37. The molecule has 1 aliphatic rings. The number of hydrogen-bond acceptors (Lipinski definition) is 3. The summed E-state index contributed by atoms with van der Waals surface area (Å²) in [4.78, 5) is 16.2. The van der Waals surface area contributed by atoms with Crippen LogP contribution in [0, 0.1) is 0 Å². The Labute approximate surface area is 89.3 Å². The molecule has 0 aromatic carbocycles. The number of ketones is 1. The zero-order valence-corrected chi connectivity index (χ0v) is 9.19. The van der Waals surface area contributed by atoms with Crippen molar-refractivity contribution in [2.24, 2.45) is 7.05 Å². The van der Waals surface area contributed by atoms with Crippen molar-refractivity contribution >= 4 is 5.78 Å². The minimum absolute atomic E-state index is 0.134. The quantitative estimate of drug-likeness (QED) is 0.747. The standard InChI is InChI=1S/C11H16N2O2/c1-11(4-3-7-15-11)9(14)8-10-12-5-6-13(10)2/h5-6H,3-4,7-8H2,1-2H3. The predicted octanol–water partition coefficient (Wildman–Crippen LogP) is 1.10. The molecule has 1 atom stereocenters. The number of carbonyl (C=O) groups is 1. The maximum Gasteiger partial charge on any atom is 0.171 e. The van der Waals surface area contributed by atoms with E-state index in [-0.39, 0.29) is 5.78 Å². The Kier molecular flexibility index (Phi) is 2.61. The summed E-state index contributed by atoms with van der Waals surface area (Å²) < 4.78 is 7.38. The van der Waals surface area contributed by atoms with Crippen LogP contribution in [0.2, 0.25) is 0 Å². The molecule has 2 rings (SSSR count). The van der Waals surface area contributed by atoms with Crippen LogP contribution in [0.1, 0.15) is 25.6 Å². The summed E-state index contributed by atoms with van der Waals surface area (Å²) in [6.45, 7) is 2.58. The molecular formula is C11H16N2O2. The topological polar surface area (TPSA) is 44.1 Å². The minimum atomic E-state index is -0.577. The van der Waals surface area contributed by atoms with Crippen molar-refractivity contribution in [1.82, 2.24) is 9.55 Å². The first kappa shape index (κ1) is 10.4.